The van der Waals surface area contributed by atoms with Gasteiger partial charge in [0.2, 0.25) is 0 Å². The number of rotatable bonds is 6. The molecule has 0 saturated heterocycles. The van der Waals surface area contributed by atoms with Gasteiger partial charge in [-0.3, -0.25) is 4.79 Å². The molecule has 1 atom stereocenters. The molecule has 0 aliphatic rings. The molecule has 0 heterocycles. The van der Waals surface area contributed by atoms with Gasteiger partial charge < -0.3 is 15.2 Å². The first-order valence-electron chi connectivity index (χ1n) is 4.71. The summed E-state index contributed by atoms with van der Waals surface area (Å²) >= 11 is 0. The van der Waals surface area contributed by atoms with Crippen LogP contribution in [0.25, 0.3) is 0 Å². The SMILES string of the molecule is CC(OC=O)C(C)(C)COC(C)(C)N. The maximum atomic E-state index is 10.2. The minimum atomic E-state index is -0.655. The zero-order chi connectivity index (χ0) is 11.4. The molecule has 4 nitrogen and oxygen atoms in total. The van der Waals surface area contributed by atoms with Gasteiger partial charge in [0.05, 0.1) is 6.61 Å². The van der Waals surface area contributed by atoms with E-state index >= 15 is 0 Å². The van der Waals surface area contributed by atoms with Crippen LogP contribution in [0.5, 0.6) is 0 Å². The number of hydrogen-bond donors (Lipinski definition) is 1. The lowest BCUT2D eigenvalue weighted by Crippen LogP contribution is -2.42. The highest BCUT2D eigenvalue weighted by atomic mass is 16.5. The number of carbonyl (C=O) groups excluding carboxylic acids is 1. The summed E-state index contributed by atoms with van der Waals surface area (Å²) in [6, 6.07) is 0. The van der Waals surface area contributed by atoms with Gasteiger partial charge >= 0.3 is 0 Å². The Balaban J connectivity index is 4.12. The van der Waals surface area contributed by atoms with E-state index in [1.165, 1.54) is 0 Å². The quantitative estimate of drug-likeness (QED) is 0.522. The summed E-state index contributed by atoms with van der Waals surface area (Å²) in [5.41, 5.74) is 4.79. The summed E-state index contributed by atoms with van der Waals surface area (Å²) in [7, 11) is 0. The van der Waals surface area contributed by atoms with Gasteiger partial charge in [-0.05, 0) is 20.8 Å². The standard InChI is InChI=1S/C10H21NO3/c1-8(13-7-12)9(2,3)6-14-10(4,5)11/h7-8H,6,11H2,1-5H3. The Morgan fingerprint density at radius 1 is 1.36 bits per heavy atom. The lowest BCUT2D eigenvalue weighted by atomic mass is 9.88. The van der Waals surface area contributed by atoms with E-state index < -0.39 is 5.72 Å². The summed E-state index contributed by atoms with van der Waals surface area (Å²) in [6.45, 7) is 10.2. The maximum Gasteiger partial charge on any atom is 0.293 e. The van der Waals surface area contributed by atoms with Gasteiger partial charge in [-0.1, -0.05) is 13.8 Å². The van der Waals surface area contributed by atoms with E-state index in [2.05, 4.69) is 0 Å². The molecule has 84 valence electrons. The first kappa shape index (κ1) is 13.4. The van der Waals surface area contributed by atoms with Gasteiger partial charge in [-0.15, -0.1) is 0 Å². The second-order valence-corrected chi connectivity index (χ2v) is 4.76. The number of carbonyl (C=O) groups is 1. The molecule has 4 heteroatoms. The molecule has 1 unspecified atom stereocenters. The first-order chi connectivity index (χ1) is 6.19. The van der Waals surface area contributed by atoms with Crippen LogP contribution in [0.15, 0.2) is 0 Å². The van der Waals surface area contributed by atoms with Crippen molar-refractivity contribution in [3.63, 3.8) is 0 Å². The monoisotopic (exact) mass is 203 g/mol. The third-order valence-corrected chi connectivity index (χ3v) is 2.18. The lowest BCUT2D eigenvalue weighted by molar-refractivity contribution is -0.144. The molecule has 0 bridgehead atoms. The molecule has 0 aliphatic heterocycles. The van der Waals surface area contributed by atoms with Crippen molar-refractivity contribution in [1.29, 1.82) is 0 Å². The van der Waals surface area contributed by atoms with Gasteiger partial charge in [-0.25, -0.2) is 0 Å². The smallest absolute Gasteiger partial charge is 0.293 e. The van der Waals surface area contributed by atoms with Crippen LogP contribution < -0.4 is 5.73 Å². The molecule has 0 aliphatic carbocycles. The van der Waals surface area contributed by atoms with E-state index in [1.807, 2.05) is 20.8 Å². The maximum absolute atomic E-state index is 10.2. The predicted molar refractivity (Wildman–Crippen MR) is 54.6 cm³/mol. The second-order valence-electron chi connectivity index (χ2n) is 4.76. The summed E-state index contributed by atoms with van der Waals surface area (Å²) in [6.07, 6.45) is -0.192. The molecule has 0 saturated carbocycles. The van der Waals surface area contributed by atoms with Crippen molar-refractivity contribution in [1.82, 2.24) is 0 Å². The molecule has 2 N–H and O–H groups in total. The molecule has 0 fully saturated rings. The Morgan fingerprint density at radius 3 is 2.21 bits per heavy atom. The third-order valence-electron chi connectivity index (χ3n) is 2.18. The molecular formula is C10H21NO3. The molecule has 0 spiro atoms. The highest BCUT2D eigenvalue weighted by Crippen LogP contribution is 2.24. The Bertz CT molecular complexity index is 184. The van der Waals surface area contributed by atoms with Crippen LogP contribution in [0.1, 0.15) is 34.6 Å². The third kappa shape index (κ3) is 5.19. The van der Waals surface area contributed by atoms with Crippen molar-refractivity contribution in [2.75, 3.05) is 6.61 Å². The van der Waals surface area contributed by atoms with E-state index in [9.17, 15) is 4.79 Å². The van der Waals surface area contributed by atoms with E-state index in [4.69, 9.17) is 15.2 Å². The van der Waals surface area contributed by atoms with Crippen molar-refractivity contribution >= 4 is 6.47 Å². The average molecular weight is 203 g/mol. The minimum absolute atomic E-state index is 0.192. The normalized spacial score (nSPS) is 15.0. The number of nitrogens with two attached hydrogens (primary N) is 1. The fourth-order valence-electron chi connectivity index (χ4n) is 0.757. The zero-order valence-corrected chi connectivity index (χ0v) is 9.66. The summed E-state index contributed by atoms with van der Waals surface area (Å²) in [5.74, 6) is 0. The van der Waals surface area contributed by atoms with Crippen LogP contribution in [0, 0.1) is 5.41 Å². The second kappa shape index (κ2) is 4.75. The molecule has 0 aromatic carbocycles. The summed E-state index contributed by atoms with van der Waals surface area (Å²) in [5, 5.41) is 0. The van der Waals surface area contributed by atoms with E-state index in [-0.39, 0.29) is 11.5 Å². The average Bonchev–Trinajstić information content (AvgIpc) is 2.00. The van der Waals surface area contributed by atoms with Crippen LogP contribution in [-0.2, 0) is 14.3 Å². The van der Waals surface area contributed by atoms with Crippen molar-refractivity contribution in [2.45, 2.75) is 46.4 Å². The van der Waals surface area contributed by atoms with Crippen molar-refractivity contribution in [2.24, 2.45) is 11.1 Å². The summed E-state index contributed by atoms with van der Waals surface area (Å²) < 4.78 is 10.3. The summed E-state index contributed by atoms with van der Waals surface area (Å²) in [4.78, 5) is 10.2. The van der Waals surface area contributed by atoms with Crippen molar-refractivity contribution in [3.05, 3.63) is 0 Å². The molecular weight excluding hydrogens is 182 g/mol. The molecule has 0 amide bonds. The Kier molecular flexibility index (Phi) is 4.55. The topological polar surface area (TPSA) is 61.5 Å². The molecule has 0 aromatic heterocycles. The van der Waals surface area contributed by atoms with Crippen molar-refractivity contribution < 1.29 is 14.3 Å². The fourth-order valence-corrected chi connectivity index (χ4v) is 0.757. The lowest BCUT2D eigenvalue weighted by Gasteiger charge is -2.33. The van der Waals surface area contributed by atoms with Crippen LogP contribution in [0.4, 0.5) is 0 Å². The van der Waals surface area contributed by atoms with Crippen LogP contribution >= 0.6 is 0 Å². The largest absolute Gasteiger partial charge is 0.464 e. The molecule has 0 rings (SSSR count). The van der Waals surface area contributed by atoms with Crippen LogP contribution in [0.3, 0.4) is 0 Å². The van der Waals surface area contributed by atoms with E-state index in [0.717, 1.165) is 0 Å². The predicted octanol–water partition coefficient (Wildman–Crippen LogP) is 1.29. The van der Waals surface area contributed by atoms with Gasteiger partial charge in [-0.2, -0.15) is 0 Å². The Hall–Kier alpha value is -0.610. The number of hydrogen-bond acceptors (Lipinski definition) is 4. The van der Waals surface area contributed by atoms with Gasteiger partial charge in [0, 0.05) is 5.41 Å². The highest BCUT2D eigenvalue weighted by molar-refractivity contribution is 5.37. The first-order valence-corrected chi connectivity index (χ1v) is 4.71. The highest BCUT2D eigenvalue weighted by Gasteiger charge is 2.29. The molecule has 0 radical (unpaired) electrons. The van der Waals surface area contributed by atoms with Crippen molar-refractivity contribution in [3.8, 4) is 0 Å². The Labute approximate surface area is 85.8 Å². The minimum Gasteiger partial charge on any atom is -0.464 e. The van der Waals surface area contributed by atoms with Crippen LogP contribution in [-0.4, -0.2) is 24.9 Å². The van der Waals surface area contributed by atoms with Gasteiger partial charge in [0.1, 0.15) is 11.8 Å². The van der Waals surface area contributed by atoms with Crippen LogP contribution in [0.2, 0.25) is 0 Å². The van der Waals surface area contributed by atoms with Gasteiger partial charge in [0.25, 0.3) is 6.47 Å². The number of ether oxygens (including phenoxy) is 2. The molecule has 0 aromatic rings. The van der Waals surface area contributed by atoms with E-state index in [1.54, 1.807) is 13.8 Å². The molecule has 14 heavy (non-hydrogen) atoms. The zero-order valence-electron chi connectivity index (χ0n) is 9.66. The fraction of sp³-hybridized carbons (Fsp3) is 0.900. The Morgan fingerprint density at radius 2 is 1.86 bits per heavy atom. The van der Waals surface area contributed by atoms with E-state index in [0.29, 0.717) is 13.1 Å². The van der Waals surface area contributed by atoms with Gasteiger partial charge in [0.15, 0.2) is 0 Å².